The maximum Gasteiger partial charge on any atom is 0.202 e. The molecule has 1 aromatic heterocycles. The molecule has 1 N–H and O–H groups in total. The molecular weight excluding hydrogens is 202 g/mol. The van der Waals surface area contributed by atoms with Crippen molar-refractivity contribution in [3.8, 4) is 0 Å². The fraction of sp³-hybridized carbons (Fsp3) is 0.750. The summed E-state index contributed by atoms with van der Waals surface area (Å²) < 4.78 is 7.51. The minimum atomic E-state index is -0.165. The number of aryl methyl sites for hydroxylation is 1. The van der Waals surface area contributed by atoms with Gasteiger partial charge in [0.1, 0.15) is 0 Å². The Labute approximate surface area is 98.0 Å². The van der Waals surface area contributed by atoms with E-state index in [-0.39, 0.29) is 5.60 Å². The third-order valence-electron chi connectivity index (χ3n) is 2.69. The SMILES string of the molecule is CCCCn1ccnc1NCC(C)(C)OC. The highest BCUT2D eigenvalue weighted by atomic mass is 16.5. The predicted octanol–water partition coefficient (Wildman–Crippen LogP) is 2.52. The lowest BCUT2D eigenvalue weighted by Gasteiger charge is -2.23. The van der Waals surface area contributed by atoms with Crippen LogP contribution in [-0.4, -0.2) is 28.8 Å². The Morgan fingerprint density at radius 3 is 2.88 bits per heavy atom. The average molecular weight is 225 g/mol. The molecule has 1 heterocycles. The molecule has 0 unspecified atom stereocenters. The quantitative estimate of drug-likeness (QED) is 0.775. The van der Waals surface area contributed by atoms with Crippen molar-refractivity contribution in [2.75, 3.05) is 19.0 Å². The van der Waals surface area contributed by atoms with Crippen molar-refractivity contribution in [2.24, 2.45) is 0 Å². The normalized spacial score (nSPS) is 11.8. The highest BCUT2D eigenvalue weighted by Gasteiger charge is 2.16. The van der Waals surface area contributed by atoms with E-state index in [0.29, 0.717) is 0 Å². The van der Waals surface area contributed by atoms with Crippen LogP contribution in [0.15, 0.2) is 12.4 Å². The van der Waals surface area contributed by atoms with E-state index in [2.05, 4.69) is 35.6 Å². The minimum Gasteiger partial charge on any atom is -0.377 e. The van der Waals surface area contributed by atoms with Crippen LogP contribution in [0.25, 0.3) is 0 Å². The number of hydrogen-bond acceptors (Lipinski definition) is 3. The average Bonchev–Trinajstić information content (AvgIpc) is 2.71. The zero-order chi connectivity index (χ0) is 12.0. The Hall–Kier alpha value is -1.03. The lowest BCUT2D eigenvalue weighted by atomic mass is 10.1. The molecule has 4 nitrogen and oxygen atoms in total. The molecule has 0 aliphatic rings. The van der Waals surface area contributed by atoms with Gasteiger partial charge in [-0.1, -0.05) is 13.3 Å². The van der Waals surface area contributed by atoms with E-state index in [0.717, 1.165) is 19.0 Å². The molecule has 0 fully saturated rings. The Balaban J connectivity index is 2.50. The molecule has 0 radical (unpaired) electrons. The molecular formula is C12H23N3O. The van der Waals surface area contributed by atoms with Crippen molar-refractivity contribution in [1.82, 2.24) is 9.55 Å². The molecule has 4 heteroatoms. The van der Waals surface area contributed by atoms with E-state index >= 15 is 0 Å². The number of unbranched alkanes of at least 4 members (excludes halogenated alkanes) is 1. The molecule has 0 atom stereocenters. The van der Waals surface area contributed by atoms with Crippen molar-refractivity contribution in [1.29, 1.82) is 0 Å². The number of imidazole rings is 1. The van der Waals surface area contributed by atoms with Gasteiger partial charge in [-0.05, 0) is 20.3 Å². The summed E-state index contributed by atoms with van der Waals surface area (Å²) >= 11 is 0. The number of hydrogen-bond donors (Lipinski definition) is 1. The van der Waals surface area contributed by atoms with Gasteiger partial charge in [0, 0.05) is 32.6 Å². The van der Waals surface area contributed by atoms with Crippen LogP contribution in [0, 0.1) is 0 Å². The van der Waals surface area contributed by atoms with Gasteiger partial charge in [-0.15, -0.1) is 0 Å². The van der Waals surface area contributed by atoms with E-state index < -0.39 is 0 Å². The largest absolute Gasteiger partial charge is 0.377 e. The maximum atomic E-state index is 5.36. The molecule has 0 amide bonds. The Morgan fingerprint density at radius 2 is 2.25 bits per heavy atom. The first-order valence-corrected chi connectivity index (χ1v) is 5.89. The van der Waals surface area contributed by atoms with Crippen molar-refractivity contribution < 1.29 is 4.74 Å². The summed E-state index contributed by atoms with van der Waals surface area (Å²) in [5.74, 6) is 0.929. The van der Waals surface area contributed by atoms with Crippen LogP contribution < -0.4 is 5.32 Å². The van der Waals surface area contributed by atoms with E-state index in [1.165, 1.54) is 12.8 Å². The van der Waals surface area contributed by atoms with Gasteiger partial charge in [0.25, 0.3) is 0 Å². The summed E-state index contributed by atoms with van der Waals surface area (Å²) in [6, 6.07) is 0. The number of aromatic nitrogens is 2. The van der Waals surface area contributed by atoms with Gasteiger partial charge in [0.05, 0.1) is 5.60 Å². The molecule has 0 spiro atoms. The van der Waals surface area contributed by atoms with Crippen LogP contribution in [0.5, 0.6) is 0 Å². The number of ether oxygens (including phenoxy) is 1. The number of rotatable bonds is 7. The Bertz CT molecular complexity index is 307. The second kappa shape index (κ2) is 5.89. The van der Waals surface area contributed by atoms with Crippen LogP contribution >= 0.6 is 0 Å². The fourth-order valence-electron chi connectivity index (χ4n) is 1.35. The van der Waals surface area contributed by atoms with Crippen molar-refractivity contribution in [2.45, 2.75) is 45.8 Å². The van der Waals surface area contributed by atoms with Crippen LogP contribution in [0.3, 0.4) is 0 Å². The van der Waals surface area contributed by atoms with Gasteiger partial charge in [0.2, 0.25) is 5.95 Å². The highest BCUT2D eigenvalue weighted by Crippen LogP contribution is 2.11. The van der Waals surface area contributed by atoms with E-state index in [4.69, 9.17) is 4.74 Å². The number of nitrogens with zero attached hydrogens (tertiary/aromatic N) is 2. The number of nitrogens with one attached hydrogen (secondary N) is 1. The minimum absolute atomic E-state index is 0.165. The van der Waals surface area contributed by atoms with Gasteiger partial charge in [0.15, 0.2) is 0 Å². The second-order valence-corrected chi connectivity index (χ2v) is 4.62. The maximum absolute atomic E-state index is 5.36. The molecule has 0 saturated carbocycles. The van der Waals surface area contributed by atoms with Crippen LogP contribution in [-0.2, 0) is 11.3 Å². The number of methoxy groups -OCH3 is 1. The van der Waals surface area contributed by atoms with Gasteiger partial charge in [-0.2, -0.15) is 0 Å². The first-order valence-electron chi connectivity index (χ1n) is 5.89. The lowest BCUT2D eigenvalue weighted by molar-refractivity contribution is 0.0342. The molecule has 1 aromatic rings. The van der Waals surface area contributed by atoms with Crippen LogP contribution in [0.4, 0.5) is 5.95 Å². The summed E-state index contributed by atoms with van der Waals surface area (Å²) in [7, 11) is 1.73. The van der Waals surface area contributed by atoms with Crippen molar-refractivity contribution in [3.05, 3.63) is 12.4 Å². The van der Waals surface area contributed by atoms with Gasteiger partial charge >= 0.3 is 0 Å². The molecule has 16 heavy (non-hydrogen) atoms. The molecule has 0 aliphatic carbocycles. The first kappa shape index (κ1) is 13.0. The number of anilines is 1. The summed E-state index contributed by atoms with van der Waals surface area (Å²) in [5, 5.41) is 3.32. The van der Waals surface area contributed by atoms with Gasteiger partial charge in [-0.25, -0.2) is 4.98 Å². The topological polar surface area (TPSA) is 39.1 Å². The van der Waals surface area contributed by atoms with E-state index in [9.17, 15) is 0 Å². The molecule has 0 aromatic carbocycles. The Morgan fingerprint density at radius 1 is 1.50 bits per heavy atom. The van der Waals surface area contributed by atoms with Crippen LogP contribution in [0.2, 0.25) is 0 Å². The first-order chi connectivity index (χ1) is 7.59. The molecule has 0 saturated heterocycles. The standard InChI is InChI=1S/C12H23N3O/c1-5-6-8-15-9-7-13-11(15)14-10-12(2,3)16-4/h7,9H,5-6,8,10H2,1-4H3,(H,13,14). The van der Waals surface area contributed by atoms with E-state index in [1.807, 2.05) is 12.4 Å². The summed E-state index contributed by atoms with van der Waals surface area (Å²) in [4.78, 5) is 4.30. The summed E-state index contributed by atoms with van der Waals surface area (Å²) in [5.41, 5.74) is -0.165. The van der Waals surface area contributed by atoms with Gasteiger partial charge < -0.3 is 14.6 Å². The molecule has 1 rings (SSSR count). The van der Waals surface area contributed by atoms with Crippen molar-refractivity contribution >= 4 is 5.95 Å². The zero-order valence-corrected chi connectivity index (χ0v) is 10.8. The second-order valence-electron chi connectivity index (χ2n) is 4.62. The molecule has 0 bridgehead atoms. The van der Waals surface area contributed by atoms with E-state index in [1.54, 1.807) is 7.11 Å². The summed E-state index contributed by atoms with van der Waals surface area (Å²) in [6.45, 7) is 8.08. The fourth-order valence-corrected chi connectivity index (χ4v) is 1.35. The monoisotopic (exact) mass is 225 g/mol. The lowest BCUT2D eigenvalue weighted by Crippen LogP contribution is -2.32. The van der Waals surface area contributed by atoms with Gasteiger partial charge in [-0.3, -0.25) is 0 Å². The third kappa shape index (κ3) is 3.85. The summed E-state index contributed by atoms with van der Waals surface area (Å²) in [6.07, 6.45) is 6.22. The zero-order valence-electron chi connectivity index (χ0n) is 10.8. The third-order valence-corrected chi connectivity index (χ3v) is 2.69. The Kier molecular flexibility index (Phi) is 4.80. The smallest absolute Gasteiger partial charge is 0.202 e. The molecule has 92 valence electrons. The molecule has 0 aliphatic heterocycles. The predicted molar refractivity (Wildman–Crippen MR) is 66.7 cm³/mol. The van der Waals surface area contributed by atoms with Crippen LogP contribution in [0.1, 0.15) is 33.6 Å². The highest BCUT2D eigenvalue weighted by molar-refractivity contribution is 5.26. The van der Waals surface area contributed by atoms with Crippen molar-refractivity contribution in [3.63, 3.8) is 0 Å².